The standard InChI is InChI=1S/C16H13ClN2O4S/c1-10-2-3-12(17)13(6-10)22-9-15(21)23-8-14(20)19-16-11(7-18)4-5-24-16/h2-6H,8-9H2,1H3,(H,19,20). The van der Waals surface area contributed by atoms with Crippen LogP contribution < -0.4 is 10.1 Å². The Bertz CT molecular complexity index is 798. The molecule has 0 spiro atoms. The second-order valence-electron chi connectivity index (χ2n) is 4.71. The summed E-state index contributed by atoms with van der Waals surface area (Å²) in [5.41, 5.74) is 1.29. The van der Waals surface area contributed by atoms with Crippen molar-refractivity contribution in [2.45, 2.75) is 6.92 Å². The molecule has 0 unspecified atom stereocenters. The highest BCUT2D eigenvalue weighted by Crippen LogP contribution is 2.25. The molecule has 1 aromatic heterocycles. The largest absolute Gasteiger partial charge is 0.480 e. The van der Waals surface area contributed by atoms with Crippen molar-refractivity contribution in [3.05, 3.63) is 45.8 Å². The van der Waals surface area contributed by atoms with Crippen molar-refractivity contribution in [1.29, 1.82) is 5.26 Å². The van der Waals surface area contributed by atoms with E-state index in [0.29, 0.717) is 21.3 Å². The van der Waals surface area contributed by atoms with Crippen LogP contribution in [0, 0.1) is 18.3 Å². The second-order valence-corrected chi connectivity index (χ2v) is 6.03. The molecule has 0 saturated heterocycles. The number of amides is 1. The quantitative estimate of drug-likeness (QED) is 0.795. The third kappa shape index (κ3) is 4.98. The minimum atomic E-state index is -0.700. The lowest BCUT2D eigenvalue weighted by Crippen LogP contribution is -2.23. The van der Waals surface area contributed by atoms with Crippen molar-refractivity contribution in [3.63, 3.8) is 0 Å². The zero-order chi connectivity index (χ0) is 17.5. The molecule has 0 aliphatic carbocycles. The number of halogens is 1. The van der Waals surface area contributed by atoms with Gasteiger partial charge in [-0.3, -0.25) is 4.79 Å². The number of carbonyl (C=O) groups is 2. The van der Waals surface area contributed by atoms with Gasteiger partial charge in [-0.1, -0.05) is 17.7 Å². The fourth-order valence-corrected chi connectivity index (χ4v) is 2.63. The highest BCUT2D eigenvalue weighted by molar-refractivity contribution is 7.14. The van der Waals surface area contributed by atoms with E-state index >= 15 is 0 Å². The van der Waals surface area contributed by atoms with Crippen molar-refractivity contribution in [2.75, 3.05) is 18.5 Å². The van der Waals surface area contributed by atoms with Gasteiger partial charge in [-0.2, -0.15) is 5.26 Å². The first-order valence-corrected chi connectivity index (χ1v) is 8.07. The summed E-state index contributed by atoms with van der Waals surface area (Å²) < 4.78 is 10.1. The Labute approximate surface area is 147 Å². The second kappa shape index (κ2) is 8.34. The molecule has 1 aromatic carbocycles. The molecule has 0 bridgehead atoms. The van der Waals surface area contributed by atoms with E-state index < -0.39 is 18.5 Å². The number of esters is 1. The van der Waals surface area contributed by atoms with Gasteiger partial charge in [0, 0.05) is 0 Å². The van der Waals surface area contributed by atoms with Gasteiger partial charge in [-0.15, -0.1) is 11.3 Å². The van der Waals surface area contributed by atoms with Crippen LogP contribution in [0.4, 0.5) is 5.00 Å². The van der Waals surface area contributed by atoms with Gasteiger partial charge in [0.2, 0.25) is 0 Å². The van der Waals surface area contributed by atoms with Crippen molar-refractivity contribution >= 4 is 39.8 Å². The van der Waals surface area contributed by atoms with Crippen LogP contribution in [0.1, 0.15) is 11.1 Å². The molecular weight excluding hydrogens is 352 g/mol. The summed E-state index contributed by atoms with van der Waals surface area (Å²) in [5, 5.41) is 13.8. The van der Waals surface area contributed by atoms with Crippen molar-refractivity contribution in [1.82, 2.24) is 0 Å². The highest BCUT2D eigenvalue weighted by atomic mass is 35.5. The summed E-state index contributed by atoms with van der Waals surface area (Å²) in [6, 6.07) is 8.72. The van der Waals surface area contributed by atoms with Crippen molar-refractivity contribution < 1.29 is 19.1 Å². The molecule has 0 aliphatic heterocycles. The Balaban J connectivity index is 1.78. The minimum Gasteiger partial charge on any atom is -0.480 e. The maximum atomic E-state index is 11.7. The van der Waals surface area contributed by atoms with Crippen molar-refractivity contribution in [3.8, 4) is 11.8 Å². The number of nitriles is 1. The number of carbonyl (C=O) groups excluding carboxylic acids is 2. The molecule has 8 heteroatoms. The summed E-state index contributed by atoms with van der Waals surface area (Å²) in [6.45, 7) is 1.04. The predicted octanol–water partition coefficient (Wildman–Crippen LogP) is 3.14. The fraction of sp³-hybridized carbons (Fsp3) is 0.188. The molecule has 0 fully saturated rings. The Morgan fingerprint density at radius 1 is 1.33 bits per heavy atom. The Hall–Kier alpha value is -2.56. The number of aryl methyl sites for hydroxylation is 1. The van der Waals surface area contributed by atoms with Crippen LogP contribution >= 0.6 is 22.9 Å². The number of hydrogen-bond acceptors (Lipinski definition) is 6. The maximum Gasteiger partial charge on any atom is 0.344 e. The number of nitrogens with zero attached hydrogens (tertiary/aromatic N) is 1. The highest BCUT2D eigenvalue weighted by Gasteiger charge is 2.12. The summed E-state index contributed by atoms with van der Waals surface area (Å²) in [5.74, 6) is -0.861. The molecule has 0 atom stereocenters. The molecule has 0 radical (unpaired) electrons. The lowest BCUT2D eigenvalue weighted by Gasteiger charge is -2.09. The third-order valence-electron chi connectivity index (χ3n) is 2.84. The van der Waals surface area contributed by atoms with Crippen LogP contribution in [0.5, 0.6) is 5.75 Å². The number of thiophene rings is 1. The molecule has 1 amide bonds. The van der Waals surface area contributed by atoms with Crippen LogP contribution in [-0.4, -0.2) is 25.1 Å². The number of nitrogens with one attached hydrogen (secondary N) is 1. The van der Waals surface area contributed by atoms with Gasteiger partial charge in [0.05, 0.1) is 10.6 Å². The minimum absolute atomic E-state index is 0.358. The number of ether oxygens (including phenoxy) is 2. The average Bonchev–Trinajstić information content (AvgIpc) is 3.00. The molecule has 0 aliphatic rings. The van der Waals surface area contributed by atoms with Crippen molar-refractivity contribution in [2.24, 2.45) is 0 Å². The van der Waals surface area contributed by atoms with E-state index in [1.807, 2.05) is 19.1 Å². The number of rotatable bonds is 6. The van der Waals surface area contributed by atoms with E-state index in [9.17, 15) is 9.59 Å². The third-order valence-corrected chi connectivity index (χ3v) is 3.98. The zero-order valence-corrected chi connectivity index (χ0v) is 14.2. The van der Waals surface area contributed by atoms with Gasteiger partial charge in [-0.05, 0) is 36.1 Å². The molecule has 2 rings (SSSR count). The van der Waals surface area contributed by atoms with Gasteiger partial charge in [0.1, 0.15) is 16.8 Å². The summed E-state index contributed by atoms with van der Waals surface area (Å²) in [7, 11) is 0. The lowest BCUT2D eigenvalue weighted by molar-refractivity contribution is -0.149. The Morgan fingerprint density at radius 3 is 2.88 bits per heavy atom. The van der Waals surface area contributed by atoms with E-state index in [4.69, 9.17) is 26.3 Å². The molecule has 2 aromatic rings. The first-order chi connectivity index (χ1) is 11.5. The van der Waals surface area contributed by atoms with Gasteiger partial charge in [0.25, 0.3) is 5.91 Å². The molecule has 1 heterocycles. The Morgan fingerprint density at radius 2 is 2.12 bits per heavy atom. The number of benzene rings is 1. The van der Waals surface area contributed by atoms with Crippen LogP contribution in [0.25, 0.3) is 0 Å². The molecule has 124 valence electrons. The van der Waals surface area contributed by atoms with Gasteiger partial charge >= 0.3 is 5.97 Å². The summed E-state index contributed by atoms with van der Waals surface area (Å²) >= 11 is 7.16. The number of hydrogen-bond donors (Lipinski definition) is 1. The lowest BCUT2D eigenvalue weighted by atomic mass is 10.2. The normalized spacial score (nSPS) is 9.88. The summed E-state index contributed by atoms with van der Waals surface area (Å²) in [6.07, 6.45) is 0. The topological polar surface area (TPSA) is 88.4 Å². The van der Waals surface area contributed by atoms with Crippen LogP contribution in [0.3, 0.4) is 0 Å². The molecule has 24 heavy (non-hydrogen) atoms. The van der Waals surface area contributed by atoms with Gasteiger partial charge in [0.15, 0.2) is 13.2 Å². The molecule has 1 N–H and O–H groups in total. The van der Waals surface area contributed by atoms with E-state index in [-0.39, 0.29) is 6.61 Å². The van der Waals surface area contributed by atoms with E-state index in [1.54, 1.807) is 23.6 Å². The monoisotopic (exact) mass is 364 g/mol. The van der Waals surface area contributed by atoms with Crippen LogP contribution in [-0.2, 0) is 14.3 Å². The van der Waals surface area contributed by atoms with Crippen LogP contribution in [0.2, 0.25) is 5.02 Å². The molecule has 6 nitrogen and oxygen atoms in total. The van der Waals surface area contributed by atoms with Gasteiger partial charge in [-0.25, -0.2) is 4.79 Å². The van der Waals surface area contributed by atoms with E-state index in [0.717, 1.165) is 5.56 Å². The average molecular weight is 365 g/mol. The van der Waals surface area contributed by atoms with Gasteiger partial charge < -0.3 is 14.8 Å². The van der Waals surface area contributed by atoms with E-state index in [1.165, 1.54) is 11.3 Å². The number of anilines is 1. The molecular formula is C16H13ClN2O4S. The predicted molar refractivity (Wildman–Crippen MR) is 90.3 cm³/mol. The summed E-state index contributed by atoms with van der Waals surface area (Å²) in [4.78, 5) is 23.3. The first-order valence-electron chi connectivity index (χ1n) is 6.81. The SMILES string of the molecule is Cc1ccc(Cl)c(OCC(=O)OCC(=O)Nc2sccc2C#N)c1. The Kier molecular flexibility index (Phi) is 6.18. The van der Waals surface area contributed by atoms with E-state index in [2.05, 4.69) is 5.32 Å². The molecule has 0 saturated carbocycles. The smallest absolute Gasteiger partial charge is 0.344 e. The first kappa shape index (κ1) is 17.8. The van der Waals surface area contributed by atoms with Crippen LogP contribution in [0.15, 0.2) is 29.6 Å². The fourth-order valence-electron chi connectivity index (χ4n) is 1.70. The zero-order valence-electron chi connectivity index (χ0n) is 12.7. The maximum absolute atomic E-state index is 11.7.